The molecule has 3 rings (SSSR count). The highest BCUT2D eigenvalue weighted by atomic mass is 15.2. The summed E-state index contributed by atoms with van der Waals surface area (Å²) in [6.07, 6.45) is 5.80. The Labute approximate surface area is 74.1 Å². The molecule has 68 valence electrons. The molecule has 2 saturated carbocycles. The van der Waals surface area contributed by atoms with Gasteiger partial charge in [-0.3, -0.25) is 0 Å². The normalized spacial score (nSPS) is 43.8. The van der Waals surface area contributed by atoms with E-state index in [0.717, 1.165) is 17.9 Å². The van der Waals surface area contributed by atoms with Crippen molar-refractivity contribution in [3.63, 3.8) is 0 Å². The molecule has 3 aliphatic rings. The molecule has 1 spiro atoms. The molecule has 1 saturated heterocycles. The molecule has 0 amide bonds. The molecule has 2 atom stereocenters. The van der Waals surface area contributed by atoms with Gasteiger partial charge in [-0.1, -0.05) is 0 Å². The van der Waals surface area contributed by atoms with E-state index in [1.54, 1.807) is 0 Å². The second kappa shape index (κ2) is 2.24. The van der Waals surface area contributed by atoms with Crippen LogP contribution < -0.4 is 5.73 Å². The second-order valence-corrected chi connectivity index (χ2v) is 5.07. The average Bonchev–Trinajstić information content (AvgIpc) is 2.89. The summed E-state index contributed by atoms with van der Waals surface area (Å²) in [5.41, 5.74) is 6.74. The first-order chi connectivity index (χ1) is 5.78. The third kappa shape index (κ3) is 1.09. The van der Waals surface area contributed by atoms with Crippen molar-refractivity contribution in [3.8, 4) is 0 Å². The van der Waals surface area contributed by atoms with Gasteiger partial charge in [-0.2, -0.15) is 0 Å². The fourth-order valence-corrected chi connectivity index (χ4v) is 2.80. The summed E-state index contributed by atoms with van der Waals surface area (Å²) in [7, 11) is 0. The Morgan fingerprint density at radius 2 is 2.25 bits per heavy atom. The molecule has 1 aliphatic heterocycles. The van der Waals surface area contributed by atoms with Gasteiger partial charge in [0.2, 0.25) is 0 Å². The van der Waals surface area contributed by atoms with Gasteiger partial charge in [0, 0.05) is 19.1 Å². The Morgan fingerprint density at radius 1 is 1.42 bits per heavy atom. The molecule has 0 radical (unpaired) electrons. The van der Waals surface area contributed by atoms with Crippen LogP contribution in [-0.4, -0.2) is 30.6 Å². The molecule has 0 aromatic rings. The van der Waals surface area contributed by atoms with Gasteiger partial charge in [-0.05, 0) is 43.6 Å². The highest BCUT2D eigenvalue weighted by molar-refractivity contribution is 5.13. The fraction of sp³-hybridized carbons (Fsp3) is 1.00. The first kappa shape index (κ1) is 7.34. The number of likely N-dealkylation sites (tertiary alicyclic amines) is 1. The first-order valence-corrected chi connectivity index (χ1v) is 5.26. The van der Waals surface area contributed by atoms with Gasteiger partial charge in [0.15, 0.2) is 0 Å². The molecule has 0 aromatic carbocycles. The van der Waals surface area contributed by atoms with Crippen molar-refractivity contribution < 1.29 is 0 Å². The number of nitrogens with zero attached hydrogens (tertiary/aromatic N) is 1. The van der Waals surface area contributed by atoms with Crippen molar-refractivity contribution in [2.24, 2.45) is 17.1 Å². The third-order valence-electron chi connectivity index (χ3n) is 4.04. The van der Waals surface area contributed by atoms with E-state index in [2.05, 4.69) is 4.90 Å². The predicted molar refractivity (Wildman–Crippen MR) is 48.8 cm³/mol. The molecule has 2 N–H and O–H groups in total. The van der Waals surface area contributed by atoms with Crippen LogP contribution in [0.5, 0.6) is 0 Å². The molecule has 12 heavy (non-hydrogen) atoms. The van der Waals surface area contributed by atoms with E-state index >= 15 is 0 Å². The fourth-order valence-electron chi connectivity index (χ4n) is 2.80. The highest BCUT2D eigenvalue weighted by Crippen LogP contribution is 2.70. The van der Waals surface area contributed by atoms with E-state index in [9.17, 15) is 0 Å². The van der Waals surface area contributed by atoms with Crippen molar-refractivity contribution in [1.29, 1.82) is 0 Å². The Hall–Kier alpha value is -0.0800. The lowest BCUT2D eigenvalue weighted by atomic mass is 10.3. The van der Waals surface area contributed by atoms with E-state index in [1.807, 2.05) is 0 Å². The van der Waals surface area contributed by atoms with E-state index < -0.39 is 0 Å². The second-order valence-electron chi connectivity index (χ2n) is 5.07. The zero-order valence-corrected chi connectivity index (χ0v) is 7.63. The summed E-state index contributed by atoms with van der Waals surface area (Å²) in [5, 5.41) is 0. The van der Waals surface area contributed by atoms with Crippen molar-refractivity contribution in [3.05, 3.63) is 0 Å². The van der Waals surface area contributed by atoms with Crippen molar-refractivity contribution >= 4 is 0 Å². The quantitative estimate of drug-likeness (QED) is 0.658. The number of hydrogen-bond donors (Lipinski definition) is 1. The molecule has 0 aromatic heterocycles. The maximum atomic E-state index is 5.86. The minimum Gasteiger partial charge on any atom is -0.326 e. The predicted octanol–water partition coefficient (Wildman–Crippen LogP) is 0.819. The third-order valence-corrected chi connectivity index (χ3v) is 4.04. The molecule has 1 heterocycles. The minimum atomic E-state index is 0.471. The molecule has 3 fully saturated rings. The van der Waals surface area contributed by atoms with Crippen LogP contribution in [0.3, 0.4) is 0 Å². The number of hydrogen-bond acceptors (Lipinski definition) is 2. The van der Waals surface area contributed by atoms with E-state index in [4.69, 9.17) is 5.73 Å². The Kier molecular flexibility index (Phi) is 1.37. The Bertz CT molecular complexity index is 198. The number of rotatable bonds is 2. The maximum absolute atomic E-state index is 5.86. The summed E-state index contributed by atoms with van der Waals surface area (Å²) in [6.45, 7) is 3.77. The summed E-state index contributed by atoms with van der Waals surface area (Å²) in [4.78, 5) is 2.57. The zero-order chi connectivity index (χ0) is 8.18. The molecule has 2 aliphatic carbocycles. The SMILES string of the molecule is NC1CCN(CC2CC23CC3)C1. The van der Waals surface area contributed by atoms with Gasteiger partial charge >= 0.3 is 0 Å². The smallest absolute Gasteiger partial charge is 0.0180 e. The van der Waals surface area contributed by atoms with E-state index in [1.165, 1.54) is 38.8 Å². The largest absolute Gasteiger partial charge is 0.326 e. The van der Waals surface area contributed by atoms with Gasteiger partial charge in [0.1, 0.15) is 0 Å². The topological polar surface area (TPSA) is 29.3 Å². The summed E-state index contributed by atoms with van der Waals surface area (Å²) < 4.78 is 0. The van der Waals surface area contributed by atoms with Crippen molar-refractivity contribution in [2.75, 3.05) is 19.6 Å². The van der Waals surface area contributed by atoms with Crippen LogP contribution in [0.2, 0.25) is 0 Å². The van der Waals surface area contributed by atoms with Crippen molar-refractivity contribution in [1.82, 2.24) is 4.90 Å². The van der Waals surface area contributed by atoms with Gasteiger partial charge in [0.25, 0.3) is 0 Å². The lowest BCUT2D eigenvalue weighted by Crippen LogP contribution is -2.28. The average molecular weight is 166 g/mol. The summed E-state index contributed by atoms with van der Waals surface area (Å²) in [6, 6.07) is 0.471. The lowest BCUT2D eigenvalue weighted by Gasteiger charge is -2.14. The monoisotopic (exact) mass is 166 g/mol. The molecular formula is C10H18N2. The van der Waals surface area contributed by atoms with Crippen LogP contribution in [0.25, 0.3) is 0 Å². The Balaban J connectivity index is 1.50. The minimum absolute atomic E-state index is 0.471. The van der Waals surface area contributed by atoms with Crippen LogP contribution in [0, 0.1) is 11.3 Å². The van der Waals surface area contributed by atoms with Crippen LogP contribution in [0.4, 0.5) is 0 Å². The maximum Gasteiger partial charge on any atom is 0.0180 e. The van der Waals surface area contributed by atoms with Crippen LogP contribution in [-0.2, 0) is 0 Å². The van der Waals surface area contributed by atoms with Crippen LogP contribution in [0.1, 0.15) is 25.7 Å². The summed E-state index contributed by atoms with van der Waals surface area (Å²) >= 11 is 0. The van der Waals surface area contributed by atoms with Gasteiger partial charge in [-0.15, -0.1) is 0 Å². The molecular weight excluding hydrogens is 148 g/mol. The highest BCUT2D eigenvalue weighted by Gasteiger charge is 2.62. The first-order valence-electron chi connectivity index (χ1n) is 5.26. The summed E-state index contributed by atoms with van der Waals surface area (Å²) in [5.74, 6) is 1.06. The Morgan fingerprint density at radius 3 is 2.75 bits per heavy atom. The van der Waals surface area contributed by atoms with E-state index in [-0.39, 0.29) is 0 Å². The van der Waals surface area contributed by atoms with Gasteiger partial charge in [0.05, 0.1) is 0 Å². The van der Waals surface area contributed by atoms with Crippen molar-refractivity contribution in [2.45, 2.75) is 31.7 Å². The van der Waals surface area contributed by atoms with E-state index in [0.29, 0.717) is 6.04 Å². The zero-order valence-electron chi connectivity index (χ0n) is 7.63. The standard InChI is InChI=1S/C10H18N2/c11-9-1-4-12(7-9)6-8-5-10(8)2-3-10/h8-9H,1-7,11H2. The molecule has 0 bridgehead atoms. The van der Waals surface area contributed by atoms with Crippen LogP contribution in [0.15, 0.2) is 0 Å². The molecule has 2 heteroatoms. The lowest BCUT2D eigenvalue weighted by molar-refractivity contribution is 0.311. The number of nitrogens with two attached hydrogens (primary N) is 1. The molecule has 2 unspecified atom stereocenters. The van der Waals surface area contributed by atoms with Gasteiger partial charge in [-0.25, -0.2) is 0 Å². The van der Waals surface area contributed by atoms with Gasteiger partial charge < -0.3 is 10.6 Å². The molecule has 2 nitrogen and oxygen atoms in total. The van der Waals surface area contributed by atoms with Crippen LogP contribution >= 0.6 is 0 Å².